The summed E-state index contributed by atoms with van der Waals surface area (Å²) in [6.07, 6.45) is 10.7. The molecule has 5 fully saturated rings. The molecule has 1 unspecified atom stereocenters. The fourth-order valence-corrected chi connectivity index (χ4v) is 6.43. The summed E-state index contributed by atoms with van der Waals surface area (Å²) in [6, 6.07) is 3.05. The van der Waals surface area contributed by atoms with Crippen molar-refractivity contribution >= 4 is 11.8 Å². The lowest BCUT2D eigenvalue weighted by molar-refractivity contribution is -0.130. The first-order valence-corrected chi connectivity index (χ1v) is 9.78. The Balaban J connectivity index is 1.31. The summed E-state index contributed by atoms with van der Waals surface area (Å²) in [5.41, 5.74) is 0.00776. The molecule has 5 nitrogen and oxygen atoms in total. The van der Waals surface area contributed by atoms with Crippen molar-refractivity contribution in [3.05, 3.63) is 24.2 Å². The van der Waals surface area contributed by atoms with Gasteiger partial charge in [0.25, 0.3) is 5.91 Å². The summed E-state index contributed by atoms with van der Waals surface area (Å²) in [6.45, 7) is 0.637. The van der Waals surface area contributed by atoms with E-state index >= 15 is 0 Å². The van der Waals surface area contributed by atoms with E-state index in [9.17, 15) is 9.59 Å². The second-order valence-corrected chi connectivity index (χ2v) is 8.82. The highest BCUT2D eigenvalue weighted by Gasteiger charge is 2.52. The normalized spacial score (nSPS) is 39.0. The van der Waals surface area contributed by atoms with E-state index in [-0.39, 0.29) is 23.4 Å². The predicted octanol–water partition coefficient (Wildman–Crippen LogP) is 2.97. The van der Waals surface area contributed by atoms with Crippen molar-refractivity contribution in [3.63, 3.8) is 0 Å². The summed E-state index contributed by atoms with van der Waals surface area (Å²) < 4.78 is 5.25. The van der Waals surface area contributed by atoms with Gasteiger partial charge >= 0.3 is 0 Å². The molecule has 1 aromatic rings. The molecular weight excluding hydrogens is 316 g/mol. The Hall–Kier alpha value is -1.78. The van der Waals surface area contributed by atoms with Gasteiger partial charge in [0.1, 0.15) is 6.04 Å². The van der Waals surface area contributed by atoms with Crippen LogP contribution in [0.4, 0.5) is 0 Å². The average Bonchev–Trinajstić information content (AvgIpc) is 3.24. The van der Waals surface area contributed by atoms with Crippen LogP contribution < -0.4 is 5.32 Å². The maximum absolute atomic E-state index is 13.1. The Morgan fingerprint density at radius 3 is 2.40 bits per heavy atom. The zero-order valence-corrected chi connectivity index (χ0v) is 14.6. The van der Waals surface area contributed by atoms with E-state index in [0.29, 0.717) is 12.3 Å². The summed E-state index contributed by atoms with van der Waals surface area (Å²) in [5, 5.41) is 3.43. The first kappa shape index (κ1) is 15.5. The minimum atomic E-state index is -0.342. The third kappa shape index (κ3) is 2.59. The first-order chi connectivity index (χ1) is 12.1. The van der Waals surface area contributed by atoms with E-state index in [1.807, 2.05) is 0 Å². The number of nitrogens with one attached hydrogen (secondary N) is 1. The summed E-state index contributed by atoms with van der Waals surface area (Å²) in [7, 11) is 0. The molecule has 0 radical (unpaired) electrons. The van der Waals surface area contributed by atoms with Gasteiger partial charge in [-0.3, -0.25) is 9.59 Å². The fourth-order valence-electron chi connectivity index (χ4n) is 6.43. The van der Waals surface area contributed by atoms with Crippen molar-refractivity contribution in [2.75, 3.05) is 6.54 Å². The van der Waals surface area contributed by atoms with Crippen LogP contribution in [0.5, 0.6) is 0 Å². The number of hydrogen-bond donors (Lipinski definition) is 1. The molecule has 1 aliphatic heterocycles. The van der Waals surface area contributed by atoms with Crippen LogP contribution in [0.15, 0.2) is 22.8 Å². The topological polar surface area (TPSA) is 62.6 Å². The van der Waals surface area contributed by atoms with Crippen molar-refractivity contribution in [3.8, 4) is 0 Å². The number of nitrogens with zero attached hydrogens (tertiary/aromatic N) is 1. The number of carbonyl (C=O) groups is 2. The Labute approximate surface area is 148 Å². The van der Waals surface area contributed by atoms with Crippen molar-refractivity contribution in [1.29, 1.82) is 0 Å². The molecule has 2 amide bonds. The Morgan fingerprint density at radius 1 is 1.12 bits per heavy atom. The van der Waals surface area contributed by atoms with Crippen LogP contribution in [0.1, 0.15) is 61.9 Å². The molecule has 4 aliphatic carbocycles. The molecule has 6 rings (SSSR count). The van der Waals surface area contributed by atoms with E-state index in [2.05, 4.69) is 5.32 Å². The zero-order valence-electron chi connectivity index (χ0n) is 14.6. The molecule has 4 saturated carbocycles. The van der Waals surface area contributed by atoms with Gasteiger partial charge in [0, 0.05) is 12.1 Å². The Bertz CT molecular complexity index is 646. The van der Waals surface area contributed by atoms with Crippen LogP contribution >= 0.6 is 0 Å². The molecule has 1 saturated heterocycles. The van der Waals surface area contributed by atoms with Gasteiger partial charge in [0.05, 0.1) is 6.26 Å². The molecule has 25 heavy (non-hydrogen) atoms. The second-order valence-electron chi connectivity index (χ2n) is 8.82. The van der Waals surface area contributed by atoms with Gasteiger partial charge in [-0.2, -0.15) is 0 Å². The molecule has 2 heterocycles. The maximum atomic E-state index is 13.1. The van der Waals surface area contributed by atoms with Crippen LogP contribution in [-0.4, -0.2) is 34.8 Å². The molecule has 134 valence electrons. The van der Waals surface area contributed by atoms with E-state index in [1.165, 1.54) is 25.5 Å². The van der Waals surface area contributed by atoms with E-state index < -0.39 is 0 Å². The van der Waals surface area contributed by atoms with Gasteiger partial charge in [-0.05, 0) is 81.3 Å². The molecule has 1 aromatic heterocycles. The quantitative estimate of drug-likeness (QED) is 0.918. The summed E-state index contributed by atoms with van der Waals surface area (Å²) >= 11 is 0. The zero-order chi connectivity index (χ0) is 17.0. The van der Waals surface area contributed by atoms with Crippen molar-refractivity contribution in [1.82, 2.24) is 10.2 Å². The smallest absolute Gasteiger partial charge is 0.290 e. The maximum Gasteiger partial charge on any atom is 0.290 e. The van der Waals surface area contributed by atoms with Crippen LogP contribution in [0.3, 0.4) is 0 Å². The van der Waals surface area contributed by atoms with E-state index in [4.69, 9.17) is 4.42 Å². The van der Waals surface area contributed by atoms with Crippen LogP contribution in [0.2, 0.25) is 0 Å². The van der Waals surface area contributed by atoms with Gasteiger partial charge in [-0.25, -0.2) is 0 Å². The highest BCUT2D eigenvalue weighted by molar-refractivity contribution is 5.96. The number of furan rings is 1. The van der Waals surface area contributed by atoms with Gasteiger partial charge in [0.15, 0.2) is 5.76 Å². The monoisotopic (exact) mass is 342 g/mol. The molecule has 5 heteroatoms. The average molecular weight is 342 g/mol. The van der Waals surface area contributed by atoms with Crippen molar-refractivity contribution in [2.24, 2.45) is 17.8 Å². The highest BCUT2D eigenvalue weighted by Crippen LogP contribution is 2.55. The number of amides is 2. The number of hydrogen-bond acceptors (Lipinski definition) is 3. The Kier molecular flexibility index (Phi) is 3.47. The van der Waals surface area contributed by atoms with Crippen molar-refractivity contribution < 1.29 is 14.0 Å². The lowest BCUT2D eigenvalue weighted by Crippen LogP contribution is -2.62. The van der Waals surface area contributed by atoms with Gasteiger partial charge in [-0.1, -0.05) is 0 Å². The summed E-state index contributed by atoms with van der Waals surface area (Å²) in [4.78, 5) is 27.4. The second kappa shape index (κ2) is 5.61. The van der Waals surface area contributed by atoms with Crippen LogP contribution in [0, 0.1) is 17.8 Å². The van der Waals surface area contributed by atoms with Crippen LogP contribution in [-0.2, 0) is 4.79 Å². The van der Waals surface area contributed by atoms with Gasteiger partial charge < -0.3 is 14.6 Å². The minimum Gasteiger partial charge on any atom is -0.459 e. The van der Waals surface area contributed by atoms with E-state index in [0.717, 1.165) is 49.9 Å². The lowest BCUT2D eigenvalue weighted by atomic mass is 9.53. The molecule has 5 aliphatic rings. The summed E-state index contributed by atoms with van der Waals surface area (Å²) in [5.74, 6) is 2.63. The fraction of sp³-hybridized carbons (Fsp3) is 0.700. The Morgan fingerprint density at radius 2 is 1.80 bits per heavy atom. The number of carbonyl (C=O) groups excluding carboxylic acids is 2. The molecule has 0 aromatic carbocycles. The number of likely N-dealkylation sites (tertiary alicyclic amines) is 1. The third-order valence-corrected chi connectivity index (χ3v) is 6.97. The van der Waals surface area contributed by atoms with Gasteiger partial charge in [-0.15, -0.1) is 0 Å². The molecule has 1 N–H and O–H groups in total. The number of rotatable bonds is 3. The molecule has 1 atom stereocenters. The molecular formula is C20H26N2O3. The molecule has 4 bridgehead atoms. The highest BCUT2D eigenvalue weighted by atomic mass is 16.3. The standard InChI is InChI=1S/C20H26N2O3/c23-18(16-3-1-5-22(16)19(24)17-4-2-6-25-17)21-20-10-13-7-14(11-20)9-15(8-13)12-20/h2,4,6,13-16H,1,3,5,7-12H2,(H,21,23). The third-order valence-electron chi connectivity index (χ3n) is 6.97. The van der Waals surface area contributed by atoms with Crippen LogP contribution in [0.25, 0.3) is 0 Å². The SMILES string of the molecule is O=C(NC12CC3CC(CC(C3)C1)C2)C1CCCN1C(=O)c1ccco1. The molecule has 0 spiro atoms. The predicted molar refractivity (Wildman–Crippen MR) is 91.8 cm³/mol. The van der Waals surface area contributed by atoms with E-state index in [1.54, 1.807) is 17.0 Å². The largest absolute Gasteiger partial charge is 0.459 e. The minimum absolute atomic E-state index is 0.00776. The lowest BCUT2D eigenvalue weighted by Gasteiger charge is -2.57. The first-order valence-electron chi connectivity index (χ1n) is 9.78. The van der Waals surface area contributed by atoms with Crippen molar-refractivity contribution in [2.45, 2.75) is 62.9 Å². The van der Waals surface area contributed by atoms with Gasteiger partial charge in [0.2, 0.25) is 5.91 Å².